The van der Waals surface area contributed by atoms with Gasteiger partial charge in [0.25, 0.3) is 0 Å². The molecule has 0 atom stereocenters. The number of benzene rings is 1. The number of hydrogen-bond donors (Lipinski definition) is 1. The van der Waals surface area contributed by atoms with E-state index in [0.29, 0.717) is 17.9 Å². The van der Waals surface area contributed by atoms with Crippen LogP contribution in [0.15, 0.2) is 18.2 Å². The van der Waals surface area contributed by atoms with E-state index in [1.54, 1.807) is 12.1 Å². The van der Waals surface area contributed by atoms with Crippen LogP contribution >= 0.6 is 0 Å². The Morgan fingerprint density at radius 2 is 2.00 bits per heavy atom. The molecule has 1 N–H and O–H groups in total. The third kappa shape index (κ3) is 4.21. The molecule has 5 nitrogen and oxygen atoms in total. The lowest BCUT2D eigenvalue weighted by molar-refractivity contribution is -0.0175. The summed E-state index contributed by atoms with van der Waals surface area (Å²) in [5, 5.41) is 9.27. The third-order valence-electron chi connectivity index (χ3n) is 3.52. The third-order valence-corrected chi connectivity index (χ3v) is 3.52. The zero-order chi connectivity index (χ0) is 16.4. The van der Waals surface area contributed by atoms with Crippen LogP contribution < -0.4 is 4.74 Å². The Morgan fingerprint density at radius 1 is 1.32 bits per heavy atom. The van der Waals surface area contributed by atoms with Gasteiger partial charge in [0.05, 0.1) is 25.9 Å². The van der Waals surface area contributed by atoms with E-state index in [1.165, 1.54) is 7.11 Å². The van der Waals surface area contributed by atoms with Gasteiger partial charge in [-0.25, -0.2) is 4.79 Å². The first-order chi connectivity index (χ1) is 10.3. The molecule has 1 aromatic carbocycles. The van der Waals surface area contributed by atoms with E-state index in [0.717, 1.165) is 18.4 Å². The maximum Gasteiger partial charge on any atom is 0.342 e. The Balaban J connectivity index is 2.13. The van der Waals surface area contributed by atoms with Gasteiger partial charge in [-0.3, -0.25) is 0 Å². The predicted molar refractivity (Wildman–Crippen MR) is 82.0 cm³/mol. The first kappa shape index (κ1) is 16.8. The van der Waals surface area contributed by atoms with Crippen LogP contribution in [-0.4, -0.2) is 36.0 Å². The number of rotatable bonds is 6. The van der Waals surface area contributed by atoms with Crippen molar-refractivity contribution in [2.24, 2.45) is 0 Å². The number of aliphatic hydroxyl groups excluding tert-OH is 1. The van der Waals surface area contributed by atoms with Gasteiger partial charge in [0.2, 0.25) is 0 Å². The van der Waals surface area contributed by atoms with Crippen molar-refractivity contribution in [2.45, 2.75) is 51.4 Å². The Kier molecular flexibility index (Phi) is 4.78. The van der Waals surface area contributed by atoms with Crippen LogP contribution in [0.1, 0.15) is 49.5 Å². The van der Waals surface area contributed by atoms with E-state index >= 15 is 0 Å². The van der Waals surface area contributed by atoms with E-state index < -0.39 is 11.6 Å². The van der Waals surface area contributed by atoms with Gasteiger partial charge in [-0.05, 0) is 51.3 Å². The minimum absolute atomic E-state index is 0.0298. The molecule has 22 heavy (non-hydrogen) atoms. The summed E-state index contributed by atoms with van der Waals surface area (Å²) in [6, 6.07) is 5.30. The number of methoxy groups -OCH3 is 1. The van der Waals surface area contributed by atoms with E-state index in [4.69, 9.17) is 14.2 Å². The average Bonchev–Trinajstić information content (AvgIpc) is 3.23. The summed E-state index contributed by atoms with van der Waals surface area (Å²) in [5.74, 6) is 0.0517. The van der Waals surface area contributed by atoms with Crippen molar-refractivity contribution in [3.63, 3.8) is 0 Å². The fourth-order valence-corrected chi connectivity index (χ4v) is 2.06. The summed E-state index contributed by atoms with van der Waals surface area (Å²) in [4.78, 5) is 12.3. The summed E-state index contributed by atoms with van der Waals surface area (Å²) in [5.41, 5.74) is 0.281. The molecule has 0 aliphatic heterocycles. The summed E-state index contributed by atoms with van der Waals surface area (Å²) < 4.78 is 16.4. The van der Waals surface area contributed by atoms with Gasteiger partial charge in [0.15, 0.2) is 0 Å². The lowest BCUT2D eigenvalue weighted by Crippen LogP contribution is -2.24. The molecule has 5 heteroatoms. The number of esters is 1. The zero-order valence-corrected chi connectivity index (χ0v) is 13.6. The number of carbonyl (C=O) groups excluding carboxylic acids is 1. The molecular weight excluding hydrogens is 284 g/mol. The second kappa shape index (κ2) is 6.26. The smallest absolute Gasteiger partial charge is 0.342 e. The van der Waals surface area contributed by atoms with Crippen molar-refractivity contribution in [3.8, 4) is 5.75 Å². The van der Waals surface area contributed by atoms with Gasteiger partial charge in [-0.15, -0.1) is 0 Å². The highest BCUT2D eigenvalue weighted by Crippen LogP contribution is 2.39. The van der Waals surface area contributed by atoms with Gasteiger partial charge in [-0.1, -0.05) is 6.07 Å². The minimum atomic E-state index is -0.566. The molecule has 1 saturated carbocycles. The van der Waals surface area contributed by atoms with Crippen molar-refractivity contribution in [3.05, 3.63) is 29.3 Å². The van der Waals surface area contributed by atoms with E-state index in [1.807, 2.05) is 26.8 Å². The molecule has 0 spiro atoms. The Bertz CT molecular complexity index is 540. The van der Waals surface area contributed by atoms with Crippen LogP contribution in [0, 0.1) is 0 Å². The van der Waals surface area contributed by atoms with Gasteiger partial charge in [-0.2, -0.15) is 0 Å². The van der Waals surface area contributed by atoms with Crippen molar-refractivity contribution >= 4 is 5.97 Å². The Labute approximate surface area is 131 Å². The first-order valence-corrected chi connectivity index (χ1v) is 7.44. The average molecular weight is 308 g/mol. The molecule has 1 aliphatic carbocycles. The number of carbonyl (C=O) groups is 1. The number of hydrogen-bond acceptors (Lipinski definition) is 5. The van der Waals surface area contributed by atoms with E-state index in [2.05, 4.69) is 0 Å². The van der Waals surface area contributed by atoms with Gasteiger partial charge in [0, 0.05) is 0 Å². The van der Waals surface area contributed by atoms with Gasteiger partial charge < -0.3 is 19.3 Å². The lowest BCUT2D eigenvalue weighted by atomic mass is 10.1. The predicted octanol–water partition coefficient (Wildman–Crippen LogP) is 2.69. The molecule has 1 aromatic rings. The number of ether oxygens (including phenoxy) is 3. The zero-order valence-electron chi connectivity index (χ0n) is 13.6. The van der Waals surface area contributed by atoms with E-state index in [-0.39, 0.29) is 12.2 Å². The molecule has 0 radical (unpaired) electrons. The van der Waals surface area contributed by atoms with Gasteiger partial charge in [0.1, 0.15) is 16.9 Å². The molecule has 0 aromatic heterocycles. The second-order valence-corrected chi connectivity index (χ2v) is 6.67. The molecule has 0 saturated heterocycles. The molecule has 1 aliphatic rings. The van der Waals surface area contributed by atoms with Crippen molar-refractivity contribution in [2.75, 3.05) is 13.7 Å². The molecule has 0 amide bonds. The molecule has 1 fully saturated rings. The molecule has 122 valence electrons. The van der Waals surface area contributed by atoms with Crippen LogP contribution in [-0.2, 0) is 16.1 Å². The second-order valence-electron chi connectivity index (χ2n) is 6.67. The van der Waals surface area contributed by atoms with Crippen molar-refractivity contribution in [1.29, 1.82) is 0 Å². The fraction of sp³-hybridized carbons (Fsp3) is 0.588. The highest BCUT2D eigenvalue weighted by Gasteiger charge is 2.43. The summed E-state index contributed by atoms with van der Waals surface area (Å²) >= 11 is 0. The molecule has 2 rings (SSSR count). The van der Waals surface area contributed by atoms with Crippen molar-refractivity contribution in [1.82, 2.24) is 0 Å². The topological polar surface area (TPSA) is 65.0 Å². The first-order valence-electron chi connectivity index (χ1n) is 7.44. The molecule has 0 heterocycles. The van der Waals surface area contributed by atoms with Crippen molar-refractivity contribution < 1.29 is 24.1 Å². The fourth-order valence-electron chi connectivity index (χ4n) is 2.06. The maximum absolute atomic E-state index is 12.3. The Hall–Kier alpha value is -1.59. The normalized spacial score (nSPS) is 16.2. The standard InChI is InChI=1S/C17H24O5/c1-16(2,3)22-15(19)13-9-12(5-6-14(13)20-4)10-21-17(11-18)7-8-17/h5-6,9,18H,7-8,10-11H2,1-4H3. The van der Waals surface area contributed by atoms with Crippen LogP contribution in [0.3, 0.4) is 0 Å². The largest absolute Gasteiger partial charge is 0.496 e. The quantitative estimate of drug-likeness (QED) is 0.819. The summed E-state index contributed by atoms with van der Waals surface area (Å²) in [7, 11) is 1.52. The summed E-state index contributed by atoms with van der Waals surface area (Å²) in [6.45, 7) is 5.84. The van der Waals surface area contributed by atoms with Crippen LogP contribution in [0.5, 0.6) is 5.75 Å². The van der Waals surface area contributed by atoms with Crippen LogP contribution in [0.4, 0.5) is 0 Å². The lowest BCUT2D eigenvalue weighted by Gasteiger charge is -2.21. The van der Waals surface area contributed by atoms with Crippen LogP contribution in [0.2, 0.25) is 0 Å². The number of aliphatic hydroxyl groups is 1. The monoisotopic (exact) mass is 308 g/mol. The van der Waals surface area contributed by atoms with Gasteiger partial charge >= 0.3 is 5.97 Å². The SMILES string of the molecule is COc1ccc(COC2(CO)CC2)cc1C(=O)OC(C)(C)C. The maximum atomic E-state index is 12.3. The van der Waals surface area contributed by atoms with E-state index in [9.17, 15) is 9.90 Å². The van der Waals surface area contributed by atoms with Crippen LogP contribution in [0.25, 0.3) is 0 Å². The molecule has 0 unspecified atom stereocenters. The molecule has 0 bridgehead atoms. The minimum Gasteiger partial charge on any atom is -0.496 e. The summed E-state index contributed by atoms with van der Waals surface area (Å²) in [6.07, 6.45) is 1.75. The Morgan fingerprint density at radius 3 is 2.50 bits per heavy atom. The highest BCUT2D eigenvalue weighted by molar-refractivity contribution is 5.93. The highest BCUT2D eigenvalue weighted by atomic mass is 16.6. The molecular formula is C17H24O5.